The van der Waals surface area contributed by atoms with E-state index in [2.05, 4.69) is 5.32 Å². The Kier molecular flexibility index (Phi) is 4.71. The summed E-state index contributed by atoms with van der Waals surface area (Å²) in [6, 6.07) is 9.26. The Morgan fingerprint density at radius 3 is 2.35 bits per heavy atom. The molecule has 6 N–H and O–H groups in total. The second-order valence-electron chi connectivity index (χ2n) is 4.83. The first-order valence-corrected chi connectivity index (χ1v) is 6.30. The van der Waals surface area contributed by atoms with Crippen molar-refractivity contribution in [2.24, 2.45) is 0 Å². The molecule has 1 heterocycles. The van der Waals surface area contributed by atoms with Gasteiger partial charge in [0.2, 0.25) is 5.79 Å². The lowest BCUT2D eigenvalue weighted by Gasteiger charge is -2.45. The summed E-state index contributed by atoms with van der Waals surface area (Å²) >= 11 is 0. The Morgan fingerprint density at radius 1 is 1.10 bits per heavy atom. The Balaban J connectivity index is 2.03. The highest BCUT2D eigenvalue weighted by molar-refractivity contribution is 5.14. The molecule has 7 heteroatoms. The van der Waals surface area contributed by atoms with Gasteiger partial charge in [-0.2, -0.15) is 0 Å². The molecular weight excluding hydrogens is 266 g/mol. The van der Waals surface area contributed by atoms with Gasteiger partial charge in [-0.3, -0.25) is 5.32 Å². The third-order valence-corrected chi connectivity index (χ3v) is 3.35. The zero-order valence-electron chi connectivity index (χ0n) is 10.8. The number of ether oxygens (including phenoxy) is 1. The summed E-state index contributed by atoms with van der Waals surface area (Å²) in [5.41, 5.74) is 0.913. The van der Waals surface area contributed by atoms with Gasteiger partial charge >= 0.3 is 0 Å². The van der Waals surface area contributed by atoms with Crippen LogP contribution in [0.15, 0.2) is 30.3 Å². The normalized spacial score (nSPS) is 37.9. The summed E-state index contributed by atoms with van der Waals surface area (Å²) in [6.45, 7) is -0.575. The van der Waals surface area contributed by atoms with Crippen molar-refractivity contribution in [3.8, 4) is 0 Å². The summed E-state index contributed by atoms with van der Waals surface area (Å²) in [5, 5.41) is 50.9. The largest absolute Gasteiger partial charge is 0.391 e. The Bertz CT molecular complexity index is 430. The number of nitrogens with one attached hydrogen (secondary N) is 1. The summed E-state index contributed by atoms with van der Waals surface area (Å²) in [5.74, 6) is -2.31. The highest BCUT2D eigenvalue weighted by atomic mass is 16.7. The first-order chi connectivity index (χ1) is 9.48. The smallest absolute Gasteiger partial charge is 0.220 e. The lowest BCUT2D eigenvalue weighted by atomic mass is 9.95. The molecule has 0 saturated carbocycles. The summed E-state index contributed by atoms with van der Waals surface area (Å²) in [4.78, 5) is 0. The molecule has 5 atom stereocenters. The molecule has 1 aromatic carbocycles. The van der Waals surface area contributed by atoms with Gasteiger partial charge in [0.1, 0.15) is 24.5 Å². The molecule has 7 nitrogen and oxygen atoms in total. The maximum absolute atomic E-state index is 9.87. The molecular formula is C13H19NO6. The predicted octanol–water partition coefficient (Wildman–Crippen LogP) is -2.10. The molecule has 2 rings (SSSR count). The minimum absolute atomic E-state index is 0.326. The quantitative estimate of drug-likeness (QED) is 0.374. The molecule has 0 amide bonds. The Morgan fingerprint density at radius 2 is 1.75 bits per heavy atom. The summed E-state index contributed by atoms with van der Waals surface area (Å²) in [7, 11) is 0. The lowest BCUT2D eigenvalue weighted by molar-refractivity contribution is -0.359. The molecule has 20 heavy (non-hydrogen) atoms. The van der Waals surface area contributed by atoms with Crippen LogP contribution in [0.5, 0.6) is 0 Å². The van der Waals surface area contributed by atoms with E-state index in [1.54, 1.807) is 0 Å². The summed E-state index contributed by atoms with van der Waals surface area (Å²) < 4.78 is 5.07. The van der Waals surface area contributed by atoms with Crippen LogP contribution in [0.3, 0.4) is 0 Å². The van der Waals surface area contributed by atoms with Gasteiger partial charge in [-0.15, -0.1) is 0 Å². The second kappa shape index (κ2) is 6.15. The van der Waals surface area contributed by atoms with E-state index in [1.165, 1.54) is 0 Å². The van der Waals surface area contributed by atoms with E-state index in [0.717, 1.165) is 5.56 Å². The third-order valence-electron chi connectivity index (χ3n) is 3.35. The number of rotatable bonds is 4. The standard InChI is InChI=1S/C13H19NO6/c15-7-13(19)11(18)9(16)10(17)12(20-13)14-6-8-4-2-1-3-5-8/h1-5,9-12,14-19H,6-7H2/t9-,10+,11+,12?,13+/m1/s1. The minimum atomic E-state index is -2.31. The van der Waals surface area contributed by atoms with Crippen LogP contribution in [0.1, 0.15) is 5.56 Å². The van der Waals surface area contributed by atoms with Crippen LogP contribution in [-0.2, 0) is 11.3 Å². The molecule has 0 spiro atoms. The average molecular weight is 285 g/mol. The van der Waals surface area contributed by atoms with Gasteiger partial charge < -0.3 is 30.3 Å². The van der Waals surface area contributed by atoms with Gasteiger partial charge in [-0.1, -0.05) is 30.3 Å². The first-order valence-electron chi connectivity index (χ1n) is 6.30. The van der Waals surface area contributed by atoms with Gasteiger partial charge in [-0.05, 0) is 5.56 Å². The molecule has 0 aliphatic carbocycles. The van der Waals surface area contributed by atoms with Crippen molar-refractivity contribution in [1.29, 1.82) is 0 Å². The van der Waals surface area contributed by atoms with Crippen LogP contribution >= 0.6 is 0 Å². The van der Waals surface area contributed by atoms with E-state index in [-0.39, 0.29) is 0 Å². The number of aliphatic hydroxyl groups is 5. The van der Waals surface area contributed by atoms with Crippen LogP contribution in [0, 0.1) is 0 Å². The van der Waals surface area contributed by atoms with Gasteiger partial charge in [0, 0.05) is 6.54 Å². The number of hydrogen-bond acceptors (Lipinski definition) is 7. The number of benzene rings is 1. The van der Waals surface area contributed by atoms with Gasteiger partial charge in [0.15, 0.2) is 0 Å². The van der Waals surface area contributed by atoms with E-state index in [0.29, 0.717) is 6.54 Å². The van der Waals surface area contributed by atoms with E-state index in [4.69, 9.17) is 9.84 Å². The van der Waals surface area contributed by atoms with Crippen LogP contribution < -0.4 is 5.32 Å². The van der Waals surface area contributed by atoms with Crippen molar-refractivity contribution in [3.63, 3.8) is 0 Å². The van der Waals surface area contributed by atoms with E-state index < -0.39 is 36.9 Å². The molecule has 0 bridgehead atoms. The maximum atomic E-state index is 9.87. The molecule has 1 aliphatic rings. The fourth-order valence-electron chi connectivity index (χ4n) is 2.10. The molecule has 1 fully saturated rings. The molecule has 1 saturated heterocycles. The van der Waals surface area contributed by atoms with E-state index >= 15 is 0 Å². The van der Waals surface area contributed by atoms with Crippen LogP contribution in [-0.4, -0.2) is 62.5 Å². The molecule has 112 valence electrons. The van der Waals surface area contributed by atoms with Crippen molar-refractivity contribution in [1.82, 2.24) is 5.32 Å². The third kappa shape index (κ3) is 2.99. The number of hydrogen-bond donors (Lipinski definition) is 6. The van der Waals surface area contributed by atoms with Gasteiger partial charge in [-0.25, -0.2) is 0 Å². The van der Waals surface area contributed by atoms with Crippen molar-refractivity contribution in [3.05, 3.63) is 35.9 Å². The molecule has 1 aromatic rings. The van der Waals surface area contributed by atoms with Crippen LogP contribution in [0.4, 0.5) is 0 Å². The monoisotopic (exact) mass is 285 g/mol. The fraction of sp³-hybridized carbons (Fsp3) is 0.538. The lowest BCUT2D eigenvalue weighted by Crippen LogP contribution is -2.68. The van der Waals surface area contributed by atoms with Crippen molar-refractivity contribution < 1.29 is 30.3 Å². The van der Waals surface area contributed by atoms with Crippen molar-refractivity contribution in [2.45, 2.75) is 36.9 Å². The first kappa shape index (κ1) is 15.3. The van der Waals surface area contributed by atoms with Crippen LogP contribution in [0.25, 0.3) is 0 Å². The Hall–Kier alpha value is -1.06. The number of aliphatic hydroxyl groups excluding tert-OH is 4. The van der Waals surface area contributed by atoms with Crippen molar-refractivity contribution in [2.75, 3.05) is 6.61 Å². The molecule has 0 radical (unpaired) electrons. The summed E-state index contributed by atoms with van der Waals surface area (Å²) in [6.07, 6.45) is -5.97. The van der Waals surface area contributed by atoms with E-state index in [1.807, 2.05) is 30.3 Å². The van der Waals surface area contributed by atoms with E-state index in [9.17, 15) is 20.4 Å². The minimum Gasteiger partial charge on any atom is -0.391 e. The average Bonchev–Trinajstić information content (AvgIpc) is 2.48. The SMILES string of the molecule is OC[C@]1(O)OC(NCc2ccccc2)[C@@H](O)[C@@H](O)[C@@H]1O. The molecule has 1 unspecified atom stereocenters. The van der Waals surface area contributed by atoms with Crippen LogP contribution in [0.2, 0.25) is 0 Å². The molecule has 0 aromatic heterocycles. The predicted molar refractivity (Wildman–Crippen MR) is 68.2 cm³/mol. The van der Waals surface area contributed by atoms with Gasteiger partial charge in [0.25, 0.3) is 0 Å². The molecule has 1 aliphatic heterocycles. The topological polar surface area (TPSA) is 122 Å². The zero-order chi connectivity index (χ0) is 14.8. The van der Waals surface area contributed by atoms with Gasteiger partial charge in [0.05, 0.1) is 6.61 Å². The Labute approximate surface area is 116 Å². The highest BCUT2D eigenvalue weighted by Gasteiger charge is 2.52. The maximum Gasteiger partial charge on any atom is 0.220 e. The fourth-order valence-corrected chi connectivity index (χ4v) is 2.10. The van der Waals surface area contributed by atoms with Crippen molar-refractivity contribution >= 4 is 0 Å². The zero-order valence-corrected chi connectivity index (χ0v) is 10.8. The second-order valence-corrected chi connectivity index (χ2v) is 4.83. The highest BCUT2D eigenvalue weighted by Crippen LogP contribution is 2.26.